The number of hydrogen-bond donors (Lipinski definition) is 1. The van der Waals surface area contributed by atoms with E-state index in [1.54, 1.807) is 50.4 Å². The van der Waals surface area contributed by atoms with Crippen LogP contribution in [0.3, 0.4) is 0 Å². The van der Waals surface area contributed by atoms with Crippen LogP contribution in [0.2, 0.25) is 0 Å². The minimum Gasteiger partial charge on any atom is -0.447 e. The third kappa shape index (κ3) is 3.11. The number of carbonyl (C=O) groups is 2. The summed E-state index contributed by atoms with van der Waals surface area (Å²) in [5.41, 5.74) is 1.00. The van der Waals surface area contributed by atoms with Crippen molar-refractivity contribution in [2.45, 2.75) is 24.1 Å². The van der Waals surface area contributed by atoms with Crippen LogP contribution in [0, 0.1) is 0 Å². The minimum absolute atomic E-state index is 0.0345. The molecule has 2 heterocycles. The van der Waals surface area contributed by atoms with Gasteiger partial charge in [0.2, 0.25) is 10.0 Å². The van der Waals surface area contributed by atoms with Gasteiger partial charge < -0.3 is 15.0 Å². The molecule has 0 bridgehead atoms. The molecule has 0 saturated carbocycles. The van der Waals surface area contributed by atoms with E-state index in [0.717, 1.165) is 5.39 Å². The number of aromatic nitrogens is 1. The Kier molecular flexibility index (Phi) is 4.49. The molecule has 0 radical (unpaired) electrons. The first kappa shape index (κ1) is 19.3. The summed E-state index contributed by atoms with van der Waals surface area (Å²) in [5.74, 6) is -0.344. The molecule has 1 aromatic heterocycles. The maximum atomic E-state index is 13.4. The van der Waals surface area contributed by atoms with E-state index in [1.165, 1.54) is 15.1 Å². The van der Waals surface area contributed by atoms with Gasteiger partial charge in [-0.15, -0.1) is 0 Å². The number of benzene rings is 1. The van der Waals surface area contributed by atoms with Crippen molar-refractivity contribution in [1.29, 1.82) is 0 Å². The molecule has 1 aliphatic heterocycles. The zero-order chi connectivity index (χ0) is 20.8. The molecule has 2 amide bonds. The number of amides is 2. The number of cyclic esters (lactones) is 1. The summed E-state index contributed by atoms with van der Waals surface area (Å²) in [6, 6.07) is 6.13. The van der Waals surface area contributed by atoms with Crippen LogP contribution in [0.25, 0.3) is 10.9 Å². The van der Waals surface area contributed by atoms with Crippen LogP contribution in [-0.4, -0.2) is 48.8 Å². The predicted molar refractivity (Wildman–Crippen MR) is 109 cm³/mol. The van der Waals surface area contributed by atoms with Gasteiger partial charge in [0, 0.05) is 24.3 Å². The molecule has 1 aromatic carbocycles. The quantitative estimate of drug-likeness (QED) is 0.825. The van der Waals surface area contributed by atoms with Crippen LogP contribution in [0.5, 0.6) is 0 Å². The summed E-state index contributed by atoms with van der Waals surface area (Å²) in [6.45, 7) is 1.66. The highest BCUT2D eigenvalue weighted by Gasteiger charge is 2.38. The fraction of sp³-hybridized carbons (Fsp3) is 0.300. The van der Waals surface area contributed by atoms with E-state index in [4.69, 9.17) is 4.74 Å². The van der Waals surface area contributed by atoms with Gasteiger partial charge in [-0.2, -0.15) is 0 Å². The number of fused-ring (bicyclic) bond motifs is 1. The number of carbonyl (C=O) groups excluding carboxylic acids is 2. The molecule has 1 saturated heterocycles. The molecule has 1 fully saturated rings. The Morgan fingerprint density at radius 2 is 2.10 bits per heavy atom. The number of alkyl carbamates (subject to hydrolysis) is 1. The molecule has 8 nitrogen and oxygen atoms in total. The Morgan fingerprint density at radius 1 is 1.31 bits per heavy atom. The van der Waals surface area contributed by atoms with Crippen LogP contribution < -0.4 is 10.2 Å². The lowest BCUT2D eigenvalue weighted by Crippen LogP contribution is -2.44. The van der Waals surface area contributed by atoms with E-state index in [1.807, 2.05) is 12.2 Å². The molecule has 2 atom stereocenters. The predicted octanol–water partition coefficient (Wildman–Crippen LogP) is 2.17. The molecule has 0 spiro atoms. The first-order chi connectivity index (χ1) is 13.7. The Hall–Kier alpha value is -3.07. The third-order valence-corrected chi connectivity index (χ3v) is 7.72. The van der Waals surface area contributed by atoms with Gasteiger partial charge in [0.1, 0.15) is 17.4 Å². The first-order valence-corrected chi connectivity index (χ1v) is 10.6. The number of rotatable bonds is 4. The van der Waals surface area contributed by atoms with Gasteiger partial charge in [-0.25, -0.2) is 17.2 Å². The topological polar surface area (TPSA) is 97.7 Å². The van der Waals surface area contributed by atoms with Crippen molar-refractivity contribution in [3.8, 4) is 0 Å². The summed E-state index contributed by atoms with van der Waals surface area (Å²) in [4.78, 5) is 25.2. The van der Waals surface area contributed by atoms with E-state index in [2.05, 4.69) is 5.32 Å². The van der Waals surface area contributed by atoms with Crippen molar-refractivity contribution < 1.29 is 22.7 Å². The van der Waals surface area contributed by atoms with Crippen LogP contribution in [0.4, 0.5) is 10.5 Å². The molecule has 4 rings (SSSR count). The molecule has 1 aliphatic carbocycles. The molecule has 29 heavy (non-hydrogen) atoms. The van der Waals surface area contributed by atoms with Gasteiger partial charge >= 0.3 is 6.09 Å². The van der Waals surface area contributed by atoms with Gasteiger partial charge in [0.05, 0.1) is 5.52 Å². The molecule has 2 aromatic rings. The second-order valence-corrected chi connectivity index (χ2v) is 9.63. The highest BCUT2D eigenvalue weighted by Crippen LogP contribution is 2.32. The number of hydrogen-bond acceptors (Lipinski definition) is 5. The summed E-state index contributed by atoms with van der Waals surface area (Å²) < 4.78 is 31.7. The summed E-state index contributed by atoms with van der Waals surface area (Å²) >= 11 is 0. The van der Waals surface area contributed by atoms with E-state index >= 15 is 0 Å². The maximum Gasteiger partial charge on any atom is 0.407 e. The molecular formula is C20H21N3O5S. The van der Waals surface area contributed by atoms with Crippen LogP contribution in [0.1, 0.15) is 13.3 Å². The second kappa shape index (κ2) is 6.77. The zero-order valence-electron chi connectivity index (χ0n) is 16.0. The Bertz CT molecular complexity index is 1160. The van der Waals surface area contributed by atoms with Crippen molar-refractivity contribution >= 4 is 38.6 Å². The number of anilines is 1. The average Bonchev–Trinajstić information content (AvgIpc) is 3.33. The van der Waals surface area contributed by atoms with E-state index in [0.29, 0.717) is 17.6 Å². The lowest BCUT2D eigenvalue weighted by molar-refractivity contribution is -0.120. The molecule has 9 heteroatoms. The maximum absolute atomic E-state index is 13.4. The minimum atomic E-state index is -3.73. The lowest BCUT2D eigenvalue weighted by atomic mass is 10.0. The van der Waals surface area contributed by atoms with E-state index in [9.17, 15) is 18.0 Å². The van der Waals surface area contributed by atoms with Crippen molar-refractivity contribution in [2.75, 3.05) is 18.6 Å². The average molecular weight is 415 g/mol. The number of allylic oxidation sites excluding steroid dienone is 3. The van der Waals surface area contributed by atoms with Crippen molar-refractivity contribution in [1.82, 2.24) is 9.29 Å². The summed E-state index contributed by atoms with van der Waals surface area (Å²) in [6.07, 6.45) is 8.38. The standard InChI is InChI=1S/C20H21N3O5S/c1-20(9-4-3-5-10-20)29(26,27)23-11-8-14-6-7-15(12-17(14)23)22(2)18(24)16-13-28-19(25)21-16/h3-9,11-12,16H,10,13H2,1-2H3,(H,21,25)/t16-,20?/m0/s1. The largest absolute Gasteiger partial charge is 0.447 e. The highest BCUT2D eigenvalue weighted by atomic mass is 32.2. The smallest absolute Gasteiger partial charge is 0.407 e. The van der Waals surface area contributed by atoms with Gasteiger partial charge in [0.15, 0.2) is 0 Å². The molecule has 152 valence electrons. The Balaban J connectivity index is 1.71. The van der Waals surface area contributed by atoms with Gasteiger partial charge in [-0.1, -0.05) is 30.4 Å². The number of nitrogens with zero attached hydrogens (tertiary/aromatic N) is 2. The number of nitrogens with one attached hydrogen (secondary N) is 1. The van der Waals surface area contributed by atoms with Gasteiger partial charge in [-0.3, -0.25) is 4.79 Å². The fourth-order valence-corrected chi connectivity index (χ4v) is 5.16. The molecule has 2 aliphatic rings. The Labute approximate surface area is 168 Å². The highest BCUT2D eigenvalue weighted by molar-refractivity contribution is 7.91. The molecular weight excluding hydrogens is 394 g/mol. The monoisotopic (exact) mass is 415 g/mol. The van der Waals surface area contributed by atoms with Gasteiger partial charge in [0.25, 0.3) is 5.91 Å². The van der Waals surface area contributed by atoms with Crippen molar-refractivity contribution in [2.24, 2.45) is 0 Å². The van der Waals surface area contributed by atoms with E-state index < -0.39 is 26.9 Å². The number of likely N-dealkylation sites (N-methyl/N-ethyl adjacent to an activating group) is 1. The fourth-order valence-electron chi connectivity index (χ4n) is 3.51. The van der Waals surface area contributed by atoms with E-state index in [-0.39, 0.29) is 12.5 Å². The van der Waals surface area contributed by atoms with Gasteiger partial charge in [-0.05, 0) is 31.5 Å². The Morgan fingerprint density at radius 3 is 2.76 bits per heavy atom. The van der Waals surface area contributed by atoms with Crippen LogP contribution in [0.15, 0.2) is 54.8 Å². The number of ether oxygens (including phenoxy) is 1. The SMILES string of the molecule is CN(C(=O)[C@@H]1COC(=O)N1)c1ccc2ccn(S(=O)(=O)C3(C)C=CC=CC3)c2c1. The van der Waals surface area contributed by atoms with Crippen LogP contribution >= 0.6 is 0 Å². The second-order valence-electron chi connectivity index (χ2n) is 7.36. The van der Waals surface area contributed by atoms with Crippen molar-refractivity contribution in [3.63, 3.8) is 0 Å². The zero-order valence-corrected chi connectivity index (χ0v) is 16.8. The molecule has 1 N–H and O–H groups in total. The summed E-state index contributed by atoms with van der Waals surface area (Å²) in [5, 5.41) is 3.20. The first-order valence-electron chi connectivity index (χ1n) is 9.14. The molecule has 1 unspecified atom stereocenters. The van der Waals surface area contributed by atoms with Crippen LogP contribution in [-0.2, 0) is 19.6 Å². The summed E-state index contributed by atoms with van der Waals surface area (Å²) in [7, 11) is -2.16. The normalized spacial score (nSPS) is 23.8. The third-order valence-electron chi connectivity index (χ3n) is 5.40. The van der Waals surface area contributed by atoms with Crippen molar-refractivity contribution in [3.05, 3.63) is 54.8 Å². The lowest BCUT2D eigenvalue weighted by Gasteiger charge is -2.27.